The number of fused-ring (bicyclic) bond motifs is 2. The molecule has 344 valence electrons. The summed E-state index contributed by atoms with van der Waals surface area (Å²) in [6, 6.07) is 25.5. The van der Waals surface area contributed by atoms with Gasteiger partial charge in [-0.3, -0.25) is 9.69 Å². The van der Waals surface area contributed by atoms with Crippen LogP contribution in [0.25, 0.3) is 0 Å². The van der Waals surface area contributed by atoms with E-state index in [0.29, 0.717) is 52.7 Å². The number of nitrogens with zero attached hydrogens (tertiary/aromatic N) is 2. The molecule has 1 amide bonds. The number of rotatable bonds is 22. The van der Waals surface area contributed by atoms with Gasteiger partial charge >= 0.3 is 6.09 Å². The molecule has 12 nitrogen and oxygen atoms in total. The van der Waals surface area contributed by atoms with Gasteiger partial charge in [0.05, 0.1) is 37.5 Å². The number of hydrogen-bond acceptors (Lipinski definition) is 11. The first-order valence-electron chi connectivity index (χ1n) is 22.5. The van der Waals surface area contributed by atoms with Crippen molar-refractivity contribution in [2.75, 3.05) is 33.5 Å². The van der Waals surface area contributed by atoms with Crippen molar-refractivity contribution in [3.8, 4) is 23.0 Å². The van der Waals surface area contributed by atoms with E-state index >= 15 is 0 Å². The van der Waals surface area contributed by atoms with Gasteiger partial charge < -0.3 is 38.7 Å². The Balaban J connectivity index is 1.45. The molecule has 0 bridgehead atoms. The molecule has 3 aliphatic rings. The highest BCUT2D eigenvalue weighted by Crippen LogP contribution is 2.62. The molecule has 7 rings (SSSR count). The molecule has 4 aromatic carbocycles. The van der Waals surface area contributed by atoms with Crippen molar-refractivity contribution in [2.45, 2.75) is 82.8 Å². The molecular weight excluding hydrogens is 832 g/mol. The quantitative estimate of drug-likeness (QED) is 0.0339. The summed E-state index contributed by atoms with van der Waals surface area (Å²) in [7, 11) is 1.50. The van der Waals surface area contributed by atoms with Crippen molar-refractivity contribution < 1.29 is 52.7 Å². The van der Waals surface area contributed by atoms with Gasteiger partial charge in [0.15, 0.2) is 6.29 Å². The molecule has 65 heavy (non-hydrogen) atoms. The number of unbranched alkanes of at least 4 members (excludes halogenated alkanes) is 2. The maximum Gasteiger partial charge on any atom is 0.410 e. The minimum Gasteiger partial charge on any atom is -0.496 e. The number of aliphatic hydroxyl groups is 2. The first kappa shape index (κ1) is 47.0. The Morgan fingerprint density at radius 1 is 0.954 bits per heavy atom. The third-order valence-corrected chi connectivity index (χ3v) is 12.6. The van der Waals surface area contributed by atoms with E-state index in [1.54, 1.807) is 54.3 Å². The lowest BCUT2D eigenvalue weighted by atomic mass is 9.55. The predicted molar refractivity (Wildman–Crippen MR) is 244 cm³/mol. The van der Waals surface area contributed by atoms with Crippen LogP contribution in [0.5, 0.6) is 23.0 Å². The molecule has 6 atom stereocenters. The Kier molecular flexibility index (Phi) is 16.1. The smallest absolute Gasteiger partial charge is 0.410 e. The monoisotopic (exact) mass is 890 g/mol. The van der Waals surface area contributed by atoms with Gasteiger partial charge in [-0.2, -0.15) is 0 Å². The van der Waals surface area contributed by atoms with Gasteiger partial charge in [0.2, 0.25) is 5.79 Å². The molecule has 0 radical (unpaired) electrons. The summed E-state index contributed by atoms with van der Waals surface area (Å²) >= 11 is 0. The Morgan fingerprint density at radius 2 is 1.69 bits per heavy atom. The molecule has 1 saturated carbocycles. The average Bonchev–Trinajstić information content (AvgIpc) is 3.32. The van der Waals surface area contributed by atoms with Gasteiger partial charge in [-0.05, 0) is 110 Å². The number of benzene rings is 4. The topological polar surface area (TPSA) is 146 Å². The number of ether oxygens (including phenoxy) is 5. The molecule has 13 heteroatoms. The zero-order valence-electron chi connectivity index (χ0n) is 37.1. The van der Waals surface area contributed by atoms with Gasteiger partial charge in [-0.25, -0.2) is 9.18 Å². The zero-order chi connectivity index (χ0) is 45.8. The number of aliphatic hydroxyl groups excluding tert-OH is 2. The Morgan fingerprint density at radius 3 is 2.40 bits per heavy atom. The number of hydrogen-bond donors (Lipinski definition) is 2. The fourth-order valence-electron chi connectivity index (χ4n) is 9.77. The summed E-state index contributed by atoms with van der Waals surface area (Å²) in [5, 5.41) is 24.9. The summed E-state index contributed by atoms with van der Waals surface area (Å²) in [6.07, 6.45) is 8.43. The lowest BCUT2D eigenvalue weighted by Gasteiger charge is -2.59. The van der Waals surface area contributed by atoms with E-state index in [2.05, 4.69) is 12.7 Å². The highest BCUT2D eigenvalue weighted by molar-refractivity contribution is 6.03. The van der Waals surface area contributed by atoms with Gasteiger partial charge in [-0.1, -0.05) is 72.6 Å². The molecular formula is C52H59FN2O10. The van der Waals surface area contributed by atoms with Crippen molar-refractivity contribution >= 4 is 18.1 Å². The second kappa shape index (κ2) is 22.3. The summed E-state index contributed by atoms with van der Waals surface area (Å²) in [4.78, 5) is 34.2. The number of methoxy groups -OCH3 is 1. The molecule has 6 unspecified atom stereocenters. The lowest BCUT2D eigenvalue weighted by Crippen LogP contribution is -2.70. The predicted octanol–water partition coefficient (Wildman–Crippen LogP) is 9.93. The molecule has 2 N–H and O–H groups in total. The summed E-state index contributed by atoms with van der Waals surface area (Å²) in [6.45, 7) is 6.27. The molecule has 4 aromatic rings. The second-order valence-corrected chi connectivity index (χ2v) is 16.6. The number of carbonyl (C=O) groups is 2. The normalized spacial score (nSPS) is 22.4. The van der Waals surface area contributed by atoms with E-state index in [1.165, 1.54) is 19.2 Å². The van der Waals surface area contributed by atoms with E-state index < -0.39 is 29.7 Å². The van der Waals surface area contributed by atoms with Gasteiger partial charge in [0, 0.05) is 37.7 Å². The maximum absolute atomic E-state index is 14.5. The molecule has 1 fully saturated rings. The van der Waals surface area contributed by atoms with Crippen LogP contribution in [0.3, 0.4) is 0 Å². The largest absolute Gasteiger partial charge is 0.496 e. The van der Waals surface area contributed by atoms with Gasteiger partial charge in [0.1, 0.15) is 41.5 Å². The number of allylic oxidation sites excluding steroid dienone is 1. The standard InChI is InChI=1S/C52H59FN2O10/c1-4-27-62-52-48(55(51(59)61-5-2)32-35-17-19-39(53)20-18-35)31-45(54-63-34-36-13-7-6-8-14-36)43-29-37(15-9-11-25-56)42(16-10-12-26-57)49(50(43)52)44-30-41(22-24-47(44)65-52)64-40-21-23-46(60-3)38(28-40)33-58/h4,6-8,13-14,17-24,28-30,33,37,42,48-50,56-57H,1,5,9-12,15-16,25-27,31-32,34H2,2-3H3. The van der Waals surface area contributed by atoms with E-state index in [-0.39, 0.29) is 63.8 Å². The van der Waals surface area contributed by atoms with Crippen molar-refractivity contribution in [3.05, 3.63) is 143 Å². The molecule has 2 aliphatic carbocycles. The van der Waals surface area contributed by atoms with Gasteiger partial charge in [-0.15, -0.1) is 6.58 Å². The summed E-state index contributed by atoms with van der Waals surface area (Å²) in [5.41, 5.74) is 4.27. The van der Waals surface area contributed by atoms with E-state index in [0.717, 1.165) is 48.7 Å². The minimum atomic E-state index is -1.55. The van der Waals surface area contributed by atoms with Crippen molar-refractivity contribution in [2.24, 2.45) is 22.9 Å². The third kappa shape index (κ3) is 10.6. The SMILES string of the molecule is C=CCOC12Oc3ccc(Oc4ccc(OC)c(C=O)c4)cc3C3C(CCCCO)C(CCCCO)C=C(C(=NOCc4ccccc4)CC1N(Cc1ccc(F)cc1)C(=O)OCC)C32. The van der Waals surface area contributed by atoms with Crippen LogP contribution in [0.1, 0.15) is 84.8 Å². The van der Waals surface area contributed by atoms with E-state index in [4.69, 9.17) is 33.7 Å². The Labute approximate surface area is 380 Å². The summed E-state index contributed by atoms with van der Waals surface area (Å²) < 4.78 is 46.3. The minimum absolute atomic E-state index is 0.00268. The average molecular weight is 891 g/mol. The molecule has 0 aromatic heterocycles. The van der Waals surface area contributed by atoms with E-state index in [9.17, 15) is 24.2 Å². The second-order valence-electron chi connectivity index (χ2n) is 16.6. The third-order valence-electron chi connectivity index (χ3n) is 12.6. The number of halogens is 1. The fraction of sp³-hybridized carbons (Fsp3) is 0.404. The Bertz CT molecular complexity index is 2300. The van der Waals surface area contributed by atoms with Crippen molar-refractivity contribution in [1.82, 2.24) is 4.90 Å². The van der Waals surface area contributed by atoms with E-state index in [1.807, 2.05) is 42.5 Å². The summed E-state index contributed by atoms with van der Waals surface area (Å²) in [5.74, 6) is -1.02. The maximum atomic E-state index is 14.5. The van der Waals surface area contributed by atoms with Crippen molar-refractivity contribution in [1.29, 1.82) is 0 Å². The van der Waals surface area contributed by atoms with Gasteiger partial charge in [0.25, 0.3) is 0 Å². The van der Waals surface area contributed by atoms with Crippen LogP contribution in [0.2, 0.25) is 0 Å². The Hall–Kier alpha value is -6.02. The first-order chi connectivity index (χ1) is 31.8. The molecule has 0 spiro atoms. The molecule has 1 aliphatic heterocycles. The number of amides is 1. The first-order valence-corrected chi connectivity index (χ1v) is 22.5. The van der Waals surface area contributed by atoms with Crippen LogP contribution in [-0.4, -0.2) is 78.6 Å². The lowest BCUT2D eigenvalue weighted by molar-refractivity contribution is -0.256. The highest BCUT2D eigenvalue weighted by atomic mass is 19.1. The zero-order valence-corrected chi connectivity index (χ0v) is 37.1. The van der Waals surface area contributed by atoms with Crippen LogP contribution >= 0.6 is 0 Å². The van der Waals surface area contributed by atoms with Crippen LogP contribution in [-0.2, 0) is 27.5 Å². The van der Waals surface area contributed by atoms with Crippen LogP contribution in [0.4, 0.5) is 9.18 Å². The molecule has 0 saturated heterocycles. The molecule has 1 heterocycles. The number of carbonyl (C=O) groups excluding carboxylic acids is 2. The number of aldehydes is 1. The van der Waals surface area contributed by atoms with Crippen LogP contribution in [0.15, 0.2) is 120 Å². The highest BCUT2D eigenvalue weighted by Gasteiger charge is 2.65. The van der Waals surface area contributed by atoms with Crippen LogP contribution in [0, 0.1) is 23.6 Å². The number of oxime groups is 1. The fourth-order valence-corrected chi connectivity index (χ4v) is 9.77. The van der Waals surface area contributed by atoms with Crippen LogP contribution < -0.4 is 14.2 Å². The van der Waals surface area contributed by atoms with Crippen molar-refractivity contribution in [3.63, 3.8) is 0 Å².